The maximum absolute atomic E-state index is 12.4. The fourth-order valence-corrected chi connectivity index (χ4v) is 2.99. The highest BCUT2D eigenvalue weighted by atomic mass is 35.5. The SMILES string of the molecule is CC(C)N1CCC(NC(=O)c2n[nH]c3c2CNCC3)C1=O.Cl. The van der Waals surface area contributed by atoms with E-state index in [1.807, 2.05) is 13.8 Å². The van der Waals surface area contributed by atoms with Crippen molar-refractivity contribution >= 4 is 24.2 Å². The van der Waals surface area contributed by atoms with Crippen LogP contribution in [0.4, 0.5) is 0 Å². The van der Waals surface area contributed by atoms with Gasteiger partial charge in [0, 0.05) is 43.4 Å². The van der Waals surface area contributed by atoms with Gasteiger partial charge in [-0.3, -0.25) is 14.7 Å². The Hall–Kier alpha value is -1.60. The first-order valence-corrected chi connectivity index (χ1v) is 7.46. The van der Waals surface area contributed by atoms with Crippen LogP contribution in [0, 0.1) is 0 Å². The number of nitrogens with one attached hydrogen (secondary N) is 3. The molecular formula is C14H22ClN5O2. The third-order valence-electron chi connectivity index (χ3n) is 4.19. The van der Waals surface area contributed by atoms with Crippen LogP contribution in [0.15, 0.2) is 0 Å². The smallest absolute Gasteiger partial charge is 0.272 e. The topological polar surface area (TPSA) is 90.1 Å². The second-order valence-corrected chi connectivity index (χ2v) is 5.90. The van der Waals surface area contributed by atoms with Gasteiger partial charge in [0.15, 0.2) is 5.69 Å². The summed E-state index contributed by atoms with van der Waals surface area (Å²) in [5.41, 5.74) is 2.35. The molecule has 2 aliphatic heterocycles. The van der Waals surface area contributed by atoms with Crippen molar-refractivity contribution in [2.75, 3.05) is 13.1 Å². The molecule has 3 rings (SSSR count). The van der Waals surface area contributed by atoms with E-state index in [-0.39, 0.29) is 30.3 Å². The summed E-state index contributed by atoms with van der Waals surface area (Å²) in [7, 11) is 0. The van der Waals surface area contributed by atoms with Crippen LogP contribution in [0.2, 0.25) is 0 Å². The van der Waals surface area contributed by atoms with Crippen LogP contribution in [0.1, 0.15) is 42.0 Å². The molecule has 1 aromatic rings. The van der Waals surface area contributed by atoms with E-state index in [4.69, 9.17) is 0 Å². The molecule has 22 heavy (non-hydrogen) atoms. The number of likely N-dealkylation sites (tertiary alicyclic amines) is 1. The van der Waals surface area contributed by atoms with Gasteiger partial charge >= 0.3 is 0 Å². The van der Waals surface area contributed by atoms with Crippen molar-refractivity contribution in [1.29, 1.82) is 0 Å². The lowest BCUT2D eigenvalue weighted by atomic mass is 10.1. The predicted molar refractivity (Wildman–Crippen MR) is 84.0 cm³/mol. The summed E-state index contributed by atoms with van der Waals surface area (Å²) in [5.74, 6) is -0.263. The first-order valence-electron chi connectivity index (χ1n) is 7.46. The molecule has 3 heterocycles. The van der Waals surface area contributed by atoms with Gasteiger partial charge in [-0.2, -0.15) is 5.10 Å². The number of amides is 2. The Bertz CT molecular complexity index is 572. The number of rotatable bonds is 3. The Morgan fingerprint density at radius 2 is 2.23 bits per heavy atom. The second-order valence-electron chi connectivity index (χ2n) is 5.90. The van der Waals surface area contributed by atoms with Gasteiger partial charge < -0.3 is 15.5 Å². The van der Waals surface area contributed by atoms with Gasteiger partial charge in [0.25, 0.3) is 5.91 Å². The molecule has 0 aromatic carbocycles. The van der Waals surface area contributed by atoms with Crippen LogP contribution in [0.25, 0.3) is 0 Å². The highest BCUT2D eigenvalue weighted by Gasteiger charge is 2.35. The summed E-state index contributed by atoms with van der Waals surface area (Å²) in [5, 5.41) is 13.1. The molecule has 1 aromatic heterocycles. The van der Waals surface area contributed by atoms with Crippen molar-refractivity contribution in [3.8, 4) is 0 Å². The summed E-state index contributed by atoms with van der Waals surface area (Å²) in [6.45, 7) is 6.20. The van der Waals surface area contributed by atoms with Crippen LogP contribution in [0.5, 0.6) is 0 Å². The van der Waals surface area contributed by atoms with E-state index in [0.29, 0.717) is 25.2 Å². The van der Waals surface area contributed by atoms with Crippen molar-refractivity contribution in [3.05, 3.63) is 17.0 Å². The molecule has 0 spiro atoms. The Morgan fingerprint density at radius 3 is 2.91 bits per heavy atom. The zero-order valence-electron chi connectivity index (χ0n) is 12.8. The molecule has 0 bridgehead atoms. The number of nitrogens with zero attached hydrogens (tertiary/aromatic N) is 2. The van der Waals surface area contributed by atoms with Gasteiger partial charge in [0.05, 0.1) is 0 Å². The number of aromatic nitrogens is 2. The fourth-order valence-electron chi connectivity index (χ4n) is 2.99. The van der Waals surface area contributed by atoms with Gasteiger partial charge in [-0.05, 0) is 20.3 Å². The highest BCUT2D eigenvalue weighted by molar-refractivity contribution is 5.98. The third kappa shape index (κ3) is 2.96. The van der Waals surface area contributed by atoms with Crippen LogP contribution in [-0.4, -0.2) is 52.1 Å². The van der Waals surface area contributed by atoms with Gasteiger partial charge in [-0.1, -0.05) is 0 Å². The Morgan fingerprint density at radius 1 is 1.45 bits per heavy atom. The quantitative estimate of drug-likeness (QED) is 0.740. The number of carbonyl (C=O) groups is 2. The van der Waals surface area contributed by atoms with Crippen LogP contribution < -0.4 is 10.6 Å². The number of halogens is 1. The molecule has 0 saturated carbocycles. The van der Waals surface area contributed by atoms with Crippen LogP contribution >= 0.6 is 12.4 Å². The van der Waals surface area contributed by atoms with Crippen LogP contribution in [0.3, 0.4) is 0 Å². The zero-order valence-corrected chi connectivity index (χ0v) is 13.6. The monoisotopic (exact) mass is 327 g/mol. The third-order valence-corrected chi connectivity index (χ3v) is 4.19. The fraction of sp³-hybridized carbons (Fsp3) is 0.643. The maximum atomic E-state index is 12.4. The Kier molecular flexibility index (Phi) is 5.08. The van der Waals surface area contributed by atoms with Gasteiger partial charge in [0.1, 0.15) is 6.04 Å². The van der Waals surface area contributed by atoms with E-state index in [1.54, 1.807) is 4.90 Å². The molecule has 2 amide bonds. The van der Waals surface area contributed by atoms with E-state index in [9.17, 15) is 9.59 Å². The van der Waals surface area contributed by atoms with Crippen molar-refractivity contribution in [1.82, 2.24) is 25.7 Å². The van der Waals surface area contributed by atoms with E-state index >= 15 is 0 Å². The average molecular weight is 328 g/mol. The number of aromatic amines is 1. The van der Waals surface area contributed by atoms with Crippen molar-refractivity contribution in [3.63, 3.8) is 0 Å². The molecular weight excluding hydrogens is 306 g/mol. The second kappa shape index (κ2) is 6.66. The number of H-pyrrole nitrogens is 1. The molecule has 0 aliphatic carbocycles. The molecule has 1 fully saturated rings. The van der Waals surface area contributed by atoms with Gasteiger partial charge in [0.2, 0.25) is 5.91 Å². The summed E-state index contributed by atoms with van der Waals surface area (Å²) in [6, 6.07) is -0.259. The average Bonchev–Trinajstić information content (AvgIpc) is 3.03. The number of fused-ring (bicyclic) bond motifs is 1. The van der Waals surface area contributed by atoms with Gasteiger partial charge in [-0.15, -0.1) is 12.4 Å². The molecule has 7 nitrogen and oxygen atoms in total. The van der Waals surface area contributed by atoms with E-state index < -0.39 is 6.04 Å². The molecule has 3 N–H and O–H groups in total. The molecule has 8 heteroatoms. The lowest BCUT2D eigenvalue weighted by Gasteiger charge is -2.21. The Balaban J connectivity index is 0.00000176. The van der Waals surface area contributed by atoms with Crippen molar-refractivity contribution < 1.29 is 9.59 Å². The lowest BCUT2D eigenvalue weighted by molar-refractivity contribution is -0.130. The molecule has 122 valence electrons. The minimum absolute atomic E-state index is 0. The van der Waals surface area contributed by atoms with E-state index in [0.717, 1.165) is 24.2 Å². The van der Waals surface area contributed by atoms with E-state index in [1.165, 1.54) is 0 Å². The van der Waals surface area contributed by atoms with E-state index in [2.05, 4.69) is 20.8 Å². The number of hydrogen-bond acceptors (Lipinski definition) is 4. The summed E-state index contributed by atoms with van der Waals surface area (Å²) >= 11 is 0. The standard InChI is InChI=1S/C14H21N5O2.ClH/c1-8(2)19-6-4-11(14(19)21)16-13(20)12-9-7-15-5-3-10(9)17-18-12;/h8,11,15H,3-7H2,1-2H3,(H,16,20)(H,17,18);1H. The minimum Gasteiger partial charge on any atom is -0.339 e. The summed E-state index contributed by atoms with van der Waals surface area (Å²) in [6.07, 6.45) is 1.51. The summed E-state index contributed by atoms with van der Waals surface area (Å²) in [4.78, 5) is 26.4. The molecule has 2 aliphatic rings. The zero-order chi connectivity index (χ0) is 15.0. The molecule has 0 radical (unpaired) electrons. The van der Waals surface area contributed by atoms with Crippen molar-refractivity contribution in [2.45, 2.75) is 45.3 Å². The maximum Gasteiger partial charge on any atom is 0.272 e. The number of hydrogen-bond donors (Lipinski definition) is 3. The molecule has 1 atom stereocenters. The number of carbonyl (C=O) groups excluding carboxylic acids is 2. The largest absolute Gasteiger partial charge is 0.339 e. The summed E-state index contributed by atoms with van der Waals surface area (Å²) < 4.78 is 0. The lowest BCUT2D eigenvalue weighted by Crippen LogP contribution is -2.43. The highest BCUT2D eigenvalue weighted by Crippen LogP contribution is 2.18. The first-order chi connectivity index (χ1) is 10.1. The molecule has 1 unspecified atom stereocenters. The normalized spacial score (nSPS) is 20.8. The van der Waals surface area contributed by atoms with Crippen molar-refractivity contribution in [2.24, 2.45) is 0 Å². The van der Waals surface area contributed by atoms with Crippen LogP contribution in [-0.2, 0) is 17.8 Å². The predicted octanol–water partition coefficient (Wildman–Crippen LogP) is 0.216. The Labute approximate surface area is 135 Å². The first kappa shape index (κ1) is 16.8. The molecule has 1 saturated heterocycles. The van der Waals surface area contributed by atoms with Gasteiger partial charge in [-0.25, -0.2) is 0 Å². The minimum atomic E-state index is -0.427.